The van der Waals surface area contributed by atoms with E-state index in [0.717, 1.165) is 17.4 Å². The van der Waals surface area contributed by atoms with Gasteiger partial charge in [0.25, 0.3) is 0 Å². The molecule has 0 radical (unpaired) electrons. The standard InChI is InChI=1S/C14H22N2O2S2/c1-18-12(17)8-11-9-20-13(16-11)15-10-14(19-2)6-4-3-5-7-14/h9H,3-8,10H2,1-2H3,(H,15,16). The molecule has 1 heterocycles. The fourth-order valence-corrected chi connectivity index (χ4v) is 4.20. The second-order valence-electron chi connectivity index (χ2n) is 5.20. The third-order valence-corrected chi connectivity index (χ3v) is 6.13. The van der Waals surface area contributed by atoms with E-state index < -0.39 is 0 Å². The number of methoxy groups -OCH3 is 1. The zero-order valence-electron chi connectivity index (χ0n) is 12.1. The number of aromatic nitrogens is 1. The van der Waals surface area contributed by atoms with Gasteiger partial charge < -0.3 is 10.1 Å². The first kappa shape index (κ1) is 15.6. The summed E-state index contributed by atoms with van der Waals surface area (Å²) in [6.07, 6.45) is 9.04. The zero-order valence-corrected chi connectivity index (χ0v) is 13.7. The van der Waals surface area contributed by atoms with Crippen molar-refractivity contribution in [2.24, 2.45) is 0 Å². The Balaban J connectivity index is 1.88. The number of thiazole rings is 1. The molecule has 0 aromatic carbocycles. The van der Waals surface area contributed by atoms with Gasteiger partial charge in [-0.2, -0.15) is 11.8 Å². The highest BCUT2D eigenvalue weighted by Gasteiger charge is 2.31. The van der Waals surface area contributed by atoms with Crippen molar-refractivity contribution >= 4 is 34.2 Å². The predicted molar refractivity (Wildman–Crippen MR) is 85.7 cm³/mol. The summed E-state index contributed by atoms with van der Waals surface area (Å²) in [6, 6.07) is 0. The maximum atomic E-state index is 11.2. The molecule has 1 fully saturated rings. The number of thioether (sulfide) groups is 1. The number of hydrogen-bond donors (Lipinski definition) is 1. The van der Waals surface area contributed by atoms with Gasteiger partial charge in [-0.25, -0.2) is 4.98 Å². The lowest BCUT2D eigenvalue weighted by Crippen LogP contribution is -2.35. The molecule has 1 aliphatic rings. The summed E-state index contributed by atoms with van der Waals surface area (Å²) < 4.78 is 5.01. The van der Waals surface area contributed by atoms with Gasteiger partial charge in [-0.3, -0.25) is 4.79 Å². The lowest BCUT2D eigenvalue weighted by molar-refractivity contribution is -0.139. The van der Waals surface area contributed by atoms with Crippen LogP contribution in [0.3, 0.4) is 0 Å². The fourth-order valence-electron chi connectivity index (χ4n) is 2.58. The maximum absolute atomic E-state index is 11.2. The van der Waals surface area contributed by atoms with Crippen molar-refractivity contribution in [1.82, 2.24) is 4.98 Å². The smallest absolute Gasteiger partial charge is 0.311 e. The van der Waals surface area contributed by atoms with Crippen LogP contribution in [0.2, 0.25) is 0 Å². The molecule has 6 heteroatoms. The topological polar surface area (TPSA) is 51.2 Å². The molecule has 0 saturated heterocycles. The van der Waals surface area contributed by atoms with Crippen LogP contribution in [0.1, 0.15) is 37.8 Å². The van der Waals surface area contributed by atoms with E-state index in [-0.39, 0.29) is 12.4 Å². The van der Waals surface area contributed by atoms with E-state index in [1.54, 1.807) is 11.3 Å². The maximum Gasteiger partial charge on any atom is 0.311 e. The van der Waals surface area contributed by atoms with Gasteiger partial charge in [0, 0.05) is 16.7 Å². The van der Waals surface area contributed by atoms with E-state index in [9.17, 15) is 4.79 Å². The van der Waals surface area contributed by atoms with Crippen LogP contribution in [0.4, 0.5) is 5.13 Å². The van der Waals surface area contributed by atoms with E-state index in [0.29, 0.717) is 4.75 Å². The third kappa shape index (κ3) is 4.12. The molecule has 112 valence electrons. The Morgan fingerprint density at radius 3 is 2.90 bits per heavy atom. The van der Waals surface area contributed by atoms with Crippen LogP contribution < -0.4 is 5.32 Å². The average molecular weight is 314 g/mol. The SMILES string of the molecule is COC(=O)Cc1csc(NCC2(SC)CCCCC2)n1. The van der Waals surface area contributed by atoms with E-state index in [4.69, 9.17) is 0 Å². The van der Waals surface area contributed by atoms with E-state index >= 15 is 0 Å². The van der Waals surface area contributed by atoms with Crippen molar-refractivity contribution in [2.75, 3.05) is 25.2 Å². The van der Waals surface area contributed by atoms with Crippen molar-refractivity contribution in [1.29, 1.82) is 0 Å². The summed E-state index contributed by atoms with van der Waals surface area (Å²) in [4.78, 5) is 15.7. The van der Waals surface area contributed by atoms with Gasteiger partial charge in [0.15, 0.2) is 5.13 Å². The third-order valence-electron chi connectivity index (χ3n) is 3.86. The molecule has 20 heavy (non-hydrogen) atoms. The van der Waals surface area contributed by atoms with Crippen LogP contribution >= 0.6 is 23.1 Å². The van der Waals surface area contributed by atoms with Crippen molar-refractivity contribution < 1.29 is 9.53 Å². The number of esters is 1. The molecule has 2 rings (SSSR count). The second kappa shape index (κ2) is 7.31. The van der Waals surface area contributed by atoms with Crippen LogP contribution in [-0.4, -0.2) is 35.6 Å². The first-order valence-electron chi connectivity index (χ1n) is 6.98. The zero-order chi connectivity index (χ0) is 14.4. The quantitative estimate of drug-likeness (QED) is 0.816. The first-order chi connectivity index (χ1) is 9.67. The molecule has 1 aromatic rings. The minimum absolute atomic E-state index is 0.241. The largest absolute Gasteiger partial charge is 0.469 e. The lowest BCUT2D eigenvalue weighted by atomic mass is 9.88. The summed E-state index contributed by atoms with van der Waals surface area (Å²) in [5.41, 5.74) is 0.784. The molecule has 1 saturated carbocycles. The molecule has 1 aliphatic carbocycles. The summed E-state index contributed by atoms with van der Waals surface area (Å²) in [7, 11) is 1.40. The summed E-state index contributed by atoms with van der Waals surface area (Å²) >= 11 is 3.53. The van der Waals surface area contributed by atoms with Gasteiger partial charge in [0.2, 0.25) is 0 Å². The molecular formula is C14H22N2O2S2. The normalized spacial score (nSPS) is 17.7. The van der Waals surface area contributed by atoms with Crippen LogP contribution in [0.25, 0.3) is 0 Å². The van der Waals surface area contributed by atoms with Crippen LogP contribution in [-0.2, 0) is 16.0 Å². The van der Waals surface area contributed by atoms with Crippen LogP contribution in [0.5, 0.6) is 0 Å². The van der Waals surface area contributed by atoms with Crippen LogP contribution in [0, 0.1) is 0 Å². The van der Waals surface area contributed by atoms with Gasteiger partial charge in [0.1, 0.15) is 0 Å². The van der Waals surface area contributed by atoms with E-state index in [1.807, 2.05) is 17.1 Å². The highest BCUT2D eigenvalue weighted by molar-refractivity contribution is 8.00. The molecule has 4 nitrogen and oxygen atoms in total. The predicted octanol–water partition coefficient (Wildman–Crippen LogP) is 3.34. The molecule has 0 amide bonds. The molecule has 1 aromatic heterocycles. The van der Waals surface area contributed by atoms with Crippen LogP contribution in [0.15, 0.2) is 5.38 Å². The van der Waals surface area contributed by atoms with E-state index in [2.05, 4.69) is 21.3 Å². The molecule has 0 unspecified atom stereocenters. The minimum Gasteiger partial charge on any atom is -0.469 e. The van der Waals surface area contributed by atoms with Crippen molar-refractivity contribution in [3.05, 3.63) is 11.1 Å². The van der Waals surface area contributed by atoms with Crippen molar-refractivity contribution in [3.8, 4) is 0 Å². The molecule has 0 atom stereocenters. The number of carbonyl (C=O) groups excluding carboxylic acids is 1. The number of ether oxygens (including phenoxy) is 1. The Morgan fingerprint density at radius 2 is 2.25 bits per heavy atom. The fraction of sp³-hybridized carbons (Fsp3) is 0.714. The second-order valence-corrected chi connectivity index (χ2v) is 7.33. The lowest BCUT2D eigenvalue weighted by Gasteiger charge is -2.35. The highest BCUT2D eigenvalue weighted by atomic mass is 32.2. The molecule has 0 aliphatic heterocycles. The number of anilines is 1. The Morgan fingerprint density at radius 1 is 1.50 bits per heavy atom. The van der Waals surface area contributed by atoms with Crippen molar-refractivity contribution in [2.45, 2.75) is 43.3 Å². The summed E-state index contributed by atoms with van der Waals surface area (Å²) in [5, 5.41) is 6.28. The molecule has 0 bridgehead atoms. The van der Waals surface area contributed by atoms with Gasteiger partial charge in [-0.05, 0) is 19.1 Å². The first-order valence-corrected chi connectivity index (χ1v) is 9.08. The molecular weight excluding hydrogens is 292 g/mol. The summed E-state index contributed by atoms with van der Waals surface area (Å²) in [6.45, 7) is 0.958. The van der Waals surface area contributed by atoms with Gasteiger partial charge in [0.05, 0.1) is 19.2 Å². The highest BCUT2D eigenvalue weighted by Crippen LogP contribution is 2.38. The van der Waals surface area contributed by atoms with Crippen molar-refractivity contribution in [3.63, 3.8) is 0 Å². The Kier molecular flexibility index (Phi) is 5.72. The molecule has 0 spiro atoms. The minimum atomic E-state index is -0.241. The number of nitrogens with one attached hydrogen (secondary N) is 1. The Hall–Kier alpha value is -0.750. The van der Waals surface area contributed by atoms with Gasteiger partial charge in [-0.1, -0.05) is 19.3 Å². The molecule has 1 N–H and O–H groups in total. The monoisotopic (exact) mass is 314 g/mol. The Bertz CT molecular complexity index is 442. The summed E-state index contributed by atoms with van der Waals surface area (Å²) in [5.74, 6) is -0.241. The van der Waals surface area contributed by atoms with Gasteiger partial charge >= 0.3 is 5.97 Å². The Labute approximate surface area is 128 Å². The number of nitrogens with zero attached hydrogens (tertiary/aromatic N) is 1. The number of carbonyl (C=O) groups is 1. The number of rotatable bonds is 6. The van der Waals surface area contributed by atoms with E-state index in [1.165, 1.54) is 39.2 Å². The van der Waals surface area contributed by atoms with Gasteiger partial charge in [-0.15, -0.1) is 11.3 Å². The number of hydrogen-bond acceptors (Lipinski definition) is 6. The average Bonchev–Trinajstić information content (AvgIpc) is 2.93.